The Hall–Kier alpha value is -4.50. The number of carbonyl (C=O) groups excluding carboxylic acids is 2. The molecule has 6 N–H and O–H groups in total. The topological polar surface area (TPSA) is 197 Å². The Kier molecular flexibility index (Phi) is 7.24. The third kappa shape index (κ3) is 5.64. The molecule has 182 valence electrons. The van der Waals surface area contributed by atoms with Gasteiger partial charge in [0.1, 0.15) is 11.4 Å². The highest BCUT2D eigenvalue weighted by atomic mass is 19.3. The van der Waals surface area contributed by atoms with Crippen LogP contribution in [0.5, 0.6) is 0 Å². The Morgan fingerprint density at radius 2 is 1.09 bits per heavy atom. The summed E-state index contributed by atoms with van der Waals surface area (Å²) in [5.41, 5.74) is 6.54. The minimum Gasteiger partial charge on any atom is -0.373 e. The smallest absolute Gasteiger partial charge is 0.328 e. The quantitative estimate of drug-likeness (QED) is 0.210. The van der Waals surface area contributed by atoms with Crippen LogP contribution in [0.3, 0.4) is 0 Å². The van der Waals surface area contributed by atoms with E-state index >= 15 is 0 Å². The lowest BCUT2D eigenvalue weighted by Crippen LogP contribution is -2.50. The average Bonchev–Trinajstić information content (AvgIpc) is 2.75. The number of carbonyl (C=O) groups is 2. The highest BCUT2D eigenvalue weighted by molar-refractivity contribution is 5.95. The minimum absolute atomic E-state index is 0.303. The van der Waals surface area contributed by atoms with Gasteiger partial charge in [0.15, 0.2) is 0 Å². The monoisotopic (exact) mass is 488 g/mol. The third-order valence-corrected chi connectivity index (χ3v) is 4.49. The van der Waals surface area contributed by atoms with Crippen LogP contribution in [0.25, 0.3) is 0 Å². The van der Waals surface area contributed by atoms with E-state index in [1.165, 1.54) is 0 Å². The molecule has 16 heteroatoms. The van der Waals surface area contributed by atoms with E-state index in [4.69, 9.17) is 11.5 Å². The largest absolute Gasteiger partial charge is 0.373 e. The van der Waals surface area contributed by atoms with Gasteiger partial charge in [0.05, 0.1) is 22.9 Å². The molecule has 0 bridgehead atoms. The van der Waals surface area contributed by atoms with Crippen LogP contribution in [-0.2, 0) is 0 Å². The summed E-state index contributed by atoms with van der Waals surface area (Å²) < 4.78 is 57.1. The first-order valence-corrected chi connectivity index (χ1v) is 9.06. The molecular formula is C18H16F4N6O6. The van der Waals surface area contributed by atoms with Crippen LogP contribution in [0.1, 0.15) is 20.7 Å². The summed E-state index contributed by atoms with van der Waals surface area (Å²) in [5, 5.41) is 25.9. The van der Waals surface area contributed by atoms with Crippen molar-refractivity contribution in [3.63, 3.8) is 0 Å². The first kappa shape index (κ1) is 25.8. The van der Waals surface area contributed by atoms with E-state index in [1.54, 1.807) is 0 Å². The number of primary amides is 2. The SMILES string of the molecule is NC(=O)c1ccc(NCC(F)(F)C(F)(F)CNc2ccc(C(N)=O)cc2[N+](=O)[O-])c([N+](=O)[O-])c1. The van der Waals surface area contributed by atoms with Crippen LogP contribution in [0.4, 0.5) is 40.3 Å². The minimum atomic E-state index is -4.79. The summed E-state index contributed by atoms with van der Waals surface area (Å²) >= 11 is 0. The van der Waals surface area contributed by atoms with Gasteiger partial charge in [-0.15, -0.1) is 0 Å². The van der Waals surface area contributed by atoms with E-state index in [0.29, 0.717) is 12.1 Å². The number of nitro groups is 2. The maximum atomic E-state index is 14.3. The molecule has 0 unspecified atom stereocenters. The number of nitrogens with one attached hydrogen (secondary N) is 2. The van der Waals surface area contributed by atoms with Crippen LogP contribution >= 0.6 is 0 Å². The number of hydrogen-bond donors (Lipinski definition) is 4. The van der Waals surface area contributed by atoms with Gasteiger partial charge < -0.3 is 22.1 Å². The lowest BCUT2D eigenvalue weighted by molar-refractivity contribution is -0.384. The van der Waals surface area contributed by atoms with Crippen molar-refractivity contribution in [3.05, 3.63) is 67.8 Å². The van der Waals surface area contributed by atoms with Crippen LogP contribution in [0, 0.1) is 20.2 Å². The Balaban J connectivity index is 2.19. The number of nitrogens with zero attached hydrogens (tertiary/aromatic N) is 2. The van der Waals surface area contributed by atoms with Gasteiger partial charge in [-0.3, -0.25) is 29.8 Å². The van der Waals surface area contributed by atoms with E-state index in [0.717, 1.165) is 24.3 Å². The fourth-order valence-corrected chi connectivity index (χ4v) is 2.64. The number of nitro benzene ring substituents is 2. The van der Waals surface area contributed by atoms with Crippen LogP contribution in [-0.4, -0.2) is 46.6 Å². The molecular weight excluding hydrogens is 472 g/mol. The lowest BCUT2D eigenvalue weighted by Gasteiger charge is -2.27. The number of benzene rings is 2. The van der Waals surface area contributed by atoms with Gasteiger partial charge in [-0.1, -0.05) is 0 Å². The van der Waals surface area contributed by atoms with Gasteiger partial charge in [-0.2, -0.15) is 17.6 Å². The number of alkyl halides is 4. The van der Waals surface area contributed by atoms with E-state index < -0.39 is 69.3 Å². The maximum Gasteiger partial charge on any atom is 0.328 e. The zero-order valence-electron chi connectivity index (χ0n) is 16.9. The van der Waals surface area contributed by atoms with Crippen LogP contribution in [0.15, 0.2) is 36.4 Å². The highest BCUT2D eigenvalue weighted by Gasteiger charge is 2.56. The standard InChI is InChI=1S/C18H16F4N6O6/c19-17(20,7-25-11-3-1-9(15(23)29)5-13(11)27(31)32)18(21,22)8-26-12-4-2-10(16(24)30)6-14(12)28(33)34/h1-6,25-26H,7-8H2,(H2,23,29)(H2,24,30). The molecule has 2 amide bonds. The van der Waals surface area contributed by atoms with Crippen LogP contribution < -0.4 is 22.1 Å². The molecule has 0 atom stereocenters. The molecule has 2 rings (SSSR count). The molecule has 2 aromatic rings. The van der Waals surface area contributed by atoms with Gasteiger partial charge >= 0.3 is 11.8 Å². The van der Waals surface area contributed by atoms with Gasteiger partial charge in [0, 0.05) is 23.3 Å². The average molecular weight is 488 g/mol. The van der Waals surface area contributed by atoms with Gasteiger partial charge in [-0.05, 0) is 24.3 Å². The Morgan fingerprint density at radius 1 is 0.765 bits per heavy atom. The van der Waals surface area contributed by atoms with Crippen molar-refractivity contribution in [2.75, 3.05) is 23.7 Å². The van der Waals surface area contributed by atoms with E-state index in [9.17, 15) is 47.4 Å². The molecule has 0 aromatic heterocycles. The van der Waals surface area contributed by atoms with Crippen molar-refractivity contribution in [1.82, 2.24) is 0 Å². The van der Waals surface area contributed by atoms with Gasteiger partial charge in [0.2, 0.25) is 11.8 Å². The zero-order valence-corrected chi connectivity index (χ0v) is 16.9. The fraction of sp³-hybridized carbons (Fsp3) is 0.222. The maximum absolute atomic E-state index is 14.3. The summed E-state index contributed by atoms with van der Waals surface area (Å²) in [6, 6.07) is 5.05. The molecule has 12 nitrogen and oxygen atoms in total. The second-order valence-corrected chi connectivity index (χ2v) is 6.82. The molecule has 0 fully saturated rings. The molecule has 0 saturated heterocycles. The summed E-state index contributed by atoms with van der Waals surface area (Å²) in [6.07, 6.45) is 0. The molecule has 0 saturated carbocycles. The predicted molar refractivity (Wildman–Crippen MR) is 110 cm³/mol. The fourth-order valence-electron chi connectivity index (χ4n) is 2.64. The summed E-state index contributed by atoms with van der Waals surface area (Å²) in [5.74, 6) is -11.7. The first-order valence-electron chi connectivity index (χ1n) is 9.06. The first-order chi connectivity index (χ1) is 15.7. The third-order valence-electron chi connectivity index (χ3n) is 4.49. The van der Waals surface area contributed by atoms with E-state index in [1.807, 2.05) is 10.6 Å². The van der Waals surface area contributed by atoms with Crippen molar-refractivity contribution in [2.45, 2.75) is 11.8 Å². The normalized spacial score (nSPS) is 11.5. The van der Waals surface area contributed by atoms with Crippen molar-refractivity contribution in [2.24, 2.45) is 11.5 Å². The predicted octanol–water partition coefficient (Wildman–Crippen LogP) is 2.50. The Bertz CT molecular complexity index is 1070. The van der Waals surface area contributed by atoms with Gasteiger partial charge in [0.25, 0.3) is 11.4 Å². The zero-order chi connectivity index (χ0) is 25.8. The number of amides is 2. The summed E-state index contributed by atoms with van der Waals surface area (Å²) in [4.78, 5) is 42.4. The van der Waals surface area contributed by atoms with Crippen molar-refractivity contribution in [1.29, 1.82) is 0 Å². The molecule has 0 spiro atoms. The van der Waals surface area contributed by atoms with Crippen LogP contribution in [0.2, 0.25) is 0 Å². The highest BCUT2D eigenvalue weighted by Crippen LogP contribution is 2.37. The number of halogens is 4. The summed E-state index contributed by atoms with van der Waals surface area (Å²) in [6.45, 7) is -3.53. The molecule has 34 heavy (non-hydrogen) atoms. The number of nitrogens with two attached hydrogens (primary N) is 2. The second kappa shape index (κ2) is 9.55. The van der Waals surface area contributed by atoms with Crippen molar-refractivity contribution >= 4 is 34.6 Å². The van der Waals surface area contributed by atoms with Crippen molar-refractivity contribution < 1.29 is 37.0 Å². The Morgan fingerprint density at radius 3 is 1.35 bits per heavy atom. The molecule has 0 heterocycles. The number of hydrogen-bond acceptors (Lipinski definition) is 8. The van der Waals surface area contributed by atoms with E-state index in [2.05, 4.69) is 0 Å². The second-order valence-electron chi connectivity index (χ2n) is 6.82. The lowest BCUT2D eigenvalue weighted by atomic mass is 10.1. The number of anilines is 2. The Labute approximate surface area is 187 Å². The van der Waals surface area contributed by atoms with E-state index in [-0.39, 0.29) is 11.1 Å². The van der Waals surface area contributed by atoms with Gasteiger partial charge in [-0.25, -0.2) is 0 Å². The molecule has 0 aliphatic heterocycles. The molecule has 0 radical (unpaired) electrons. The molecule has 2 aromatic carbocycles. The molecule has 0 aliphatic rings. The number of rotatable bonds is 11. The summed E-state index contributed by atoms with van der Waals surface area (Å²) in [7, 11) is 0. The molecule has 0 aliphatic carbocycles. The van der Waals surface area contributed by atoms with Crippen molar-refractivity contribution in [3.8, 4) is 0 Å².